The third-order valence-electron chi connectivity index (χ3n) is 3.36. The van der Waals surface area contributed by atoms with E-state index < -0.39 is 0 Å². The van der Waals surface area contributed by atoms with Crippen LogP contribution in [0.15, 0.2) is 48.6 Å². The number of hydrogen-bond donors (Lipinski definition) is 1. The van der Waals surface area contributed by atoms with E-state index in [1.165, 1.54) is 11.1 Å². The Labute approximate surface area is 90.5 Å². The van der Waals surface area contributed by atoms with Gasteiger partial charge >= 0.3 is 0 Å². The van der Waals surface area contributed by atoms with Crippen LogP contribution in [-0.2, 0) is 6.54 Å². The molecular formula is C14H15N. The van der Waals surface area contributed by atoms with E-state index in [1.54, 1.807) is 0 Å². The van der Waals surface area contributed by atoms with Crippen LogP contribution in [0.5, 0.6) is 0 Å². The third-order valence-corrected chi connectivity index (χ3v) is 3.36. The van der Waals surface area contributed by atoms with Gasteiger partial charge in [0.15, 0.2) is 0 Å². The van der Waals surface area contributed by atoms with Crippen LogP contribution in [0.2, 0.25) is 0 Å². The van der Waals surface area contributed by atoms with E-state index in [2.05, 4.69) is 53.9 Å². The quantitative estimate of drug-likeness (QED) is 0.674. The molecule has 15 heavy (non-hydrogen) atoms. The molecule has 0 spiro atoms. The predicted octanol–water partition coefficient (Wildman–Crippen LogP) is 2.76. The maximum atomic E-state index is 3.61. The molecular weight excluding hydrogens is 182 g/mol. The van der Waals surface area contributed by atoms with Gasteiger partial charge in [-0.25, -0.2) is 0 Å². The summed E-state index contributed by atoms with van der Waals surface area (Å²) in [5.74, 6) is 0.546. The number of benzene rings is 1. The van der Waals surface area contributed by atoms with Gasteiger partial charge in [-0.2, -0.15) is 0 Å². The van der Waals surface area contributed by atoms with E-state index in [-0.39, 0.29) is 0 Å². The Balaban J connectivity index is 2.05. The van der Waals surface area contributed by atoms with Gasteiger partial charge < -0.3 is 5.32 Å². The molecule has 1 aliphatic carbocycles. The number of rotatable bonds is 0. The van der Waals surface area contributed by atoms with Crippen molar-refractivity contribution < 1.29 is 0 Å². The van der Waals surface area contributed by atoms with Crippen LogP contribution in [0.25, 0.3) is 0 Å². The van der Waals surface area contributed by atoms with Crippen LogP contribution < -0.4 is 5.32 Å². The molecule has 3 rings (SSSR count). The maximum absolute atomic E-state index is 3.61. The monoisotopic (exact) mass is 197 g/mol. The summed E-state index contributed by atoms with van der Waals surface area (Å²) >= 11 is 0. The van der Waals surface area contributed by atoms with E-state index in [0.717, 1.165) is 13.0 Å². The molecule has 76 valence electrons. The fourth-order valence-corrected chi connectivity index (χ4v) is 2.56. The molecule has 1 aromatic carbocycles. The van der Waals surface area contributed by atoms with Gasteiger partial charge in [-0.05, 0) is 17.5 Å². The first kappa shape index (κ1) is 8.93. The lowest BCUT2D eigenvalue weighted by molar-refractivity contribution is 0.448. The van der Waals surface area contributed by atoms with Crippen LogP contribution in [0.1, 0.15) is 23.5 Å². The summed E-state index contributed by atoms with van der Waals surface area (Å²) in [5, 5.41) is 3.61. The van der Waals surface area contributed by atoms with Crippen LogP contribution in [0.3, 0.4) is 0 Å². The van der Waals surface area contributed by atoms with Gasteiger partial charge in [0.2, 0.25) is 0 Å². The number of nitrogens with one attached hydrogen (secondary N) is 1. The molecule has 1 heteroatoms. The highest BCUT2D eigenvalue weighted by Gasteiger charge is 2.26. The van der Waals surface area contributed by atoms with Gasteiger partial charge in [0.05, 0.1) is 0 Å². The Kier molecular flexibility index (Phi) is 2.18. The van der Waals surface area contributed by atoms with Crippen LogP contribution in [-0.4, -0.2) is 6.04 Å². The Morgan fingerprint density at radius 3 is 3.07 bits per heavy atom. The fourth-order valence-electron chi connectivity index (χ4n) is 2.56. The van der Waals surface area contributed by atoms with Gasteiger partial charge in [0.1, 0.15) is 0 Å². The van der Waals surface area contributed by atoms with Crippen molar-refractivity contribution in [3.63, 3.8) is 0 Å². The molecule has 0 bridgehead atoms. The van der Waals surface area contributed by atoms with Crippen LogP contribution in [0, 0.1) is 0 Å². The second-order valence-corrected chi connectivity index (χ2v) is 4.26. The smallest absolute Gasteiger partial charge is 0.0211 e. The summed E-state index contributed by atoms with van der Waals surface area (Å²) in [4.78, 5) is 0. The highest BCUT2D eigenvalue weighted by molar-refractivity contribution is 5.38. The molecule has 1 aliphatic heterocycles. The van der Waals surface area contributed by atoms with E-state index in [1.807, 2.05) is 0 Å². The van der Waals surface area contributed by atoms with E-state index in [4.69, 9.17) is 0 Å². The number of hydrogen-bond acceptors (Lipinski definition) is 1. The Hall–Kier alpha value is -1.34. The predicted molar refractivity (Wildman–Crippen MR) is 62.7 cm³/mol. The van der Waals surface area contributed by atoms with Crippen molar-refractivity contribution in [3.8, 4) is 0 Å². The molecule has 1 aromatic rings. The maximum Gasteiger partial charge on any atom is 0.0211 e. The molecule has 0 saturated heterocycles. The molecule has 2 aliphatic rings. The lowest BCUT2D eigenvalue weighted by Gasteiger charge is -2.31. The third kappa shape index (κ3) is 1.53. The lowest BCUT2D eigenvalue weighted by atomic mass is 9.84. The van der Waals surface area contributed by atoms with E-state index >= 15 is 0 Å². The molecule has 0 fully saturated rings. The zero-order valence-corrected chi connectivity index (χ0v) is 8.69. The van der Waals surface area contributed by atoms with Crippen molar-refractivity contribution in [1.82, 2.24) is 5.32 Å². The van der Waals surface area contributed by atoms with Gasteiger partial charge in [0.25, 0.3) is 0 Å². The van der Waals surface area contributed by atoms with Crippen molar-refractivity contribution in [2.45, 2.75) is 24.9 Å². The largest absolute Gasteiger partial charge is 0.309 e. The first-order chi connectivity index (χ1) is 7.45. The Morgan fingerprint density at radius 1 is 1.13 bits per heavy atom. The second kappa shape index (κ2) is 3.67. The fraction of sp³-hybridized carbons (Fsp3) is 0.286. The van der Waals surface area contributed by atoms with Gasteiger partial charge in [-0.15, -0.1) is 0 Å². The van der Waals surface area contributed by atoms with Crippen molar-refractivity contribution >= 4 is 0 Å². The number of fused-ring (bicyclic) bond motifs is 3. The first-order valence-corrected chi connectivity index (χ1v) is 5.59. The summed E-state index contributed by atoms with van der Waals surface area (Å²) in [5.41, 5.74) is 2.95. The van der Waals surface area contributed by atoms with Gasteiger partial charge in [0, 0.05) is 18.5 Å². The highest BCUT2D eigenvalue weighted by atomic mass is 14.9. The minimum absolute atomic E-state index is 0.546. The van der Waals surface area contributed by atoms with Gasteiger partial charge in [-0.3, -0.25) is 0 Å². The summed E-state index contributed by atoms with van der Waals surface area (Å²) < 4.78 is 0. The van der Waals surface area contributed by atoms with E-state index in [0.29, 0.717) is 12.0 Å². The molecule has 2 atom stereocenters. The zero-order valence-electron chi connectivity index (χ0n) is 8.69. The summed E-state index contributed by atoms with van der Waals surface area (Å²) in [7, 11) is 0. The summed E-state index contributed by atoms with van der Waals surface area (Å²) in [6, 6.07) is 9.34. The Bertz CT molecular complexity index is 417. The molecule has 2 unspecified atom stereocenters. The lowest BCUT2D eigenvalue weighted by Crippen LogP contribution is -2.37. The second-order valence-electron chi connectivity index (χ2n) is 4.26. The van der Waals surface area contributed by atoms with E-state index in [9.17, 15) is 0 Å². The van der Waals surface area contributed by atoms with Crippen LogP contribution in [0.4, 0.5) is 0 Å². The average Bonchev–Trinajstić information content (AvgIpc) is 2.54. The average molecular weight is 197 g/mol. The topological polar surface area (TPSA) is 12.0 Å². The van der Waals surface area contributed by atoms with Crippen molar-refractivity contribution in [1.29, 1.82) is 0 Å². The molecule has 1 heterocycles. The standard InChI is InChI=1S/C14H15N/c1-2-8-13-12-7-5-4-6-11(12)10-15-14(13)9-3-1/h1-8,13-15H,9-10H2. The first-order valence-electron chi connectivity index (χ1n) is 5.59. The van der Waals surface area contributed by atoms with Crippen LogP contribution >= 0.6 is 0 Å². The Morgan fingerprint density at radius 2 is 2.07 bits per heavy atom. The molecule has 1 nitrogen and oxygen atoms in total. The SMILES string of the molecule is C1=CCC2NCc3ccccc3C2C=C1. The van der Waals surface area contributed by atoms with Gasteiger partial charge in [-0.1, -0.05) is 48.6 Å². The molecule has 1 N–H and O–H groups in total. The number of allylic oxidation sites excluding steroid dienone is 2. The van der Waals surface area contributed by atoms with Crippen molar-refractivity contribution in [2.24, 2.45) is 0 Å². The van der Waals surface area contributed by atoms with Crippen molar-refractivity contribution in [3.05, 3.63) is 59.7 Å². The minimum Gasteiger partial charge on any atom is -0.309 e. The summed E-state index contributed by atoms with van der Waals surface area (Å²) in [6.07, 6.45) is 10.0. The van der Waals surface area contributed by atoms with Crippen molar-refractivity contribution in [2.75, 3.05) is 0 Å². The summed E-state index contributed by atoms with van der Waals surface area (Å²) in [6.45, 7) is 1.01. The normalized spacial score (nSPS) is 28.0. The molecule has 0 amide bonds. The molecule has 0 saturated carbocycles. The highest BCUT2D eigenvalue weighted by Crippen LogP contribution is 2.31. The molecule has 0 radical (unpaired) electrons. The molecule has 0 aromatic heterocycles. The zero-order chi connectivity index (χ0) is 10.1. The minimum atomic E-state index is 0.546.